The minimum absolute atomic E-state index is 0.186. The van der Waals surface area contributed by atoms with Gasteiger partial charge in [-0.2, -0.15) is 5.10 Å². The number of hydrogen-bond acceptors (Lipinski definition) is 4. The summed E-state index contributed by atoms with van der Waals surface area (Å²) in [5.74, 6) is -1.09. The van der Waals surface area contributed by atoms with Gasteiger partial charge in [0.2, 0.25) is 5.91 Å². The van der Waals surface area contributed by atoms with Gasteiger partial charge in [0.05, 0.1) is 6.54 Å². The Labute approximate surface area is 105 Å². The molecular formula is C11H18N4O3. The molecule has 7 nitrogen and oxygen atoms in total. The molecule has 1 aromatic rings. The number of carboxylic acid groups (broad SMARTS) is 1. The van der Waals surface area contributed by atoms with Crippen LogP contribution in [0.1, 0.15) is 26.7 Å². The first-order chi connectivity index (χ1) is 8.49. The highest BCUT2D eigenvalue weighted by Crippen LogP contribution is 2.05. The maximum atomic E-state index is 11.6. The van der Waals surface area contributed by atoms with Crippen molar-refractivity contribution in [2.45, 2.75) is 39.3 Å². The smallest absolute Gasteiger partial charge is 0.326 e. The van der Waals surface area contributed by atoms with Gasteiger partial charge in [-0.3, -0.25) is 9.48 Å². The van der Waals surface area contributed by atoms with Crippen molar-refractivity contribution in [1.29, 1.82) is 0 Å². The van der Waals surface area contributed by atoms with E-state index >= 15 is 0 Å². The fourth-order valence-electron chi connectivity index (χ4n) is 1.52. The second-order valence-corrected chi connectivity index (χ2v) is 4.50. The van der Waals surface area contributed by atoms with Gasteiger partial charge in [-0.25, -0.2) is 9.78 Å². The summed E-state index contributed by atoms with van der Waals surface area (Å²) in [4.78, 5) is 26.3. The van der Waals surface area contributed by atoms with Gasteiger partial charge in [-0.15, -0.1) is 0 Å². The highest BCUT2D eigenvalue weighted by Gasteiger charge is 2.20. The van der Waals surface area contributed by atoms with Crippen LogP contribution in [0.15, 0.2) is 12.7 Å². The van der Waals surface area contributed by atoms with Gasteiger partial charge in [-0.1, -0.05) is 13.8 Å². The molecule has 0 saturated carbocycles. The van der Waals surface area contributed by atoms with Crippen LogP contribution in [0.2, 0.25) is 0 Å². The summed E-state index contributed by atoms with van der Waals surface area (Å²) in [5, 5.41) is 15.4. The molecular weight excluding hydrogens is 236 g/mol. The summed E-state index contributed by atoms with van der Waals surface area (Å²) in [6.07, 6.45) is 3.50. The van der Waals surface area contributed by atoms with Gasteiger partial charge < -0.3 is 10.4 Å². The van der Waals surface area contributed by atoms with Crippen LogP contribution in [0.5, 0.6) is 0 Å². The van der Waals surface area contributed by atoms with Crippen molar-refractivity contribution in [3.8, 4) is 0 Å². The molecule has 18 heavy (non-hydrogen) atoms. The first-order valence-corrected chi connectivity index (χ1v) is 5.83. The van der Waals surface area contributed by atoms with E-state index in [-0.39, 0.29) is 18.2 Å². The number of aryl methyl sites for hydroxylation is 1. The molecule has 0 unspecified atom stereocenters. The first kappa shape index (κ1) is 14.1. The van der Waals surface area contributed by atoms with Gasteiger partial charge in [0.25, 0.3) is 0 Å². The Hall–Kier alpha value is -1.92. The third kappa shape index (κ3) is 4.94. The summed E-state index contributed by atoms with van der Waals surface area (Å²) < 4.78 is 1.53. The molecule has 0 saturated heterocycles. The molecule has 0 aliphatic heterocycles. The zero-order valence-corrected chi connectivity index (χ0v) is 10.5. The predicted molar refractivity (Wildman–Crippen MR) is 63.7 cm³/mol. The maximum absolute atomic E-state index is 11.6. The lowest BCUT2D eigenvalue weighted by Crippen LogP contribution is -2.41. The van der Waals surface area contributed by atoms with Crippen LogP contribution in [0, 0.1) is 5.92 Å². The molecule has 0 spiro atoms. The number of carbonyl (C=O) groups is 2. The summed E-state index contributed by atoms with van der Waals surface area (Å²) in [5.41, 5.74) is 0. The molecule has 1 heterocycles. The van der Waals surface area contributed by atoms with E-state index in [9.17, 15) is 9.59 Å². The van der Waals surface area contributed by atoms with E-state index in [0.29, 0.717) is 13.0 Å². The Bertz CT molecular complexity index is 389. The lowest BCUT2D eigenvalue weighted by atomic mass is 10.0. The molecule has 1 atom stereocenters. The largest absolute Gasteiger partial charge is 0.480 e. The van der Waals surface area contributed by atoms with E-state index in [4.69, 9.17) is 5.11 Å². The highest BCUT2D eigenvalue weighted by atomic mass is 16.4. The Morgan fingerprint density at radius 3 is 2.67 bits per heavy atom. The van der Waals surface area contributed by atoms with Crippen LogP contribution in [0.3, 0.4) is 0 Å². The van der Waals surface area contributed by atoms with Crippen molar-refractivity contribution in [2.75, 3.05) is 0 Å². The van der Waals surface area contributed by atoms with Crippen LogP contribution in [0.25, 0.3) is 0 Å². The number of carbonyl (C=O) groups excluding carboxylic acids is 1. The average Bonchev–Trinajstić information content (AvgIpc) is 2.77. The minimum Gasteiger partial charge on any atom is -0.480 e. The normalized spacial score (nSPS) is 12.4. The molecule has 0 fully saturated rings. The second kappa shape index (κ2) is 6.73. The van der Waals surface area contributed by atoms with E-state index in [1.54, 1.807) is 0 Å². The predicted octanol–water partition coefficient (Wildman–Crippen LogP) is 0.284. The molecule has 1 amide bonds. The Morgan fingerprint density at radius 1 is 1.44 bits per heavy atom. The lowest BCUT2D eigenvalue weighted by Gasteiger charge is -2.16. The topological polar surface area (TPSA) is 97.1 Å². The highest BCUT2D eigenvalue weighted by molar-refractivity contribution is 5.83. The molecule has 2 N–H and O–H groups in total. The fraction of sp³-hybridized carbons (Fsp3) is 0.636. The van der Waals surface area contributed by atoms with Gasteiger partial charge in [0.15, 0.2) is 0 Å². The molecule has 0 aliphatic carbocycles. The second-order valence-electron chi connectivity index (χ2n) is 4.50. The maximum Gasteiger partial charge on any atom is 0.326 e. The number of rotatable bonds is 7. The van der Waals surface area contributed by atoms with Crippen molar-refractivity contribution in [1.82, 2.24) is 20.1 Å². The van der Waals surface area contributed by atoms with Gasteiger partial charge >= 0.3 is 5.97 Å². The van der Waals surface area contributed by atoms with Crippen molar-refractivity contribution in [2.24, 2.45) is 5.92 Å². The van der Waals surface area contributed by atoms with Crippen LogP contribution in [-0.2, 0) is 16.1 Å². The zero-order chi connectivity index (χ0) is 13.5. The molecule has 7 heteroatoms. The van der Waals surface area contributed by atoms with Crippen molar-refractivity contribution < 1.29 is 14.7 Å². The van der Waals surface area contributed by atoms with Crippen LogP contribution < -0.4 is 5.32 Å². The van der Waals surface area contributed by atoms with E-state index in [1.807, 2.05) is 13.8 Å². The zero-order valence-electron chi connectivity index (χ0n) is 10.5. The molecule has 1 rings (SSSR count). The molecule has 0 bridgehead atoms. The SMILES string of the molecule is CC(C)C[C@@H](NC(=O)CCn1cncn1)C(=O)O. The van der Waals surface area contributed by atoms with Gasteiger partial charge in [0, 0.05) is 6.42 Å². The summed E-state index contributed by atoms with van der Waals surface area (Å²) >= 11 is 0. The molecule has 0 radical (unpaired) electrons. The lowest BCUT2D eigenvalue weighted by molar-refractivity contribution is -0.142. The minimum atomic E-state index is -1.00. The number of carboxylic acids is 1. The Balaban J connectivity index is 2.39. The van der Waals surface area contributed by atoms with E-state index < -0.39 is 12.0 Å². The number of nitrogens with one attached hydrogen (secondary N) is 1. The average molecular weight is 254 g/mol. The van der Waals surface area contributed by atoms with E-state index in [0.717, 1.165) is 0 Å². The third-order valence-electron chi connectivity index (χ3n) is 2.37. The Morgan fingerprint density at radius 2 is 2.17 bits per heavy atom. The van der Waals surface area contributed by atoms with Gasteiger partial charge in [-0.05, 0) is 12.3 Å². The summed E-state index contributed by atoms with van der Waals surface area (Å²) in [6.45, 7) is 4.22. The monoisotopic (exact) mass is 254 g/mol. The van der Waals surface area contributed by atoms with E-state index in [2.05, 4.69) is 15.4 Å². The van der Waals surface area contributed by atoms with Crippen LogP contribution >= 0.6 is 0 Å². The number of nitrogens with zero attached hydrogens (tertiary/aromatic N) is 3. The number of aromatic nitrogens is 3. The summed E-state index contributed by atoms with van der Waals surface area (Å²) in [6, 6.07) is -0.826. The number of amides is 1. The third-order valence-corrected chi connectivity index (χ3v) is 2.37. The van der Waals surface area contributed by atoms with Crippen molar-refractivity contribution in [3.05, 3.63) is 12.7 Å². The molecule has 0 aliphatic rings. The number of aliphatic carboxylic acids is 1. The molecule has 100 valence electrons. The quantitative estimate of drug-likeness (QED) is 0.728. The first-order valence-electron chi connectivity index (χ1n) is 5.83. The van der Waals surface area contributed by atoms with Crippen molar-refractivity contribution in [3.63, 3.8) is 0 Å². The standard InChI is InChI=1S/C11H18N4O3/c1-8(2)5-9(11(17)18)14-10(16)3-4-15-7-12-6-13-15/h6-9H,3-5H2,1-2H3,(H,14,16)(H,17,18)/t9-/m1/s1. The van der Waals surface area contributed by atoms with Crippen molar-refractivity contribution >= 4 is 11.9 Å². The Kier molecular flexibility index (Phi) is 5.29. The van der Waals surface area contributed by atoms with E-state index in [1.165, 1.54) is 17.3 Å². The summed E-state index contributed by atoms with van der Waals surface area (Å²) in [7, 11) is 0. The van der Waals surface area contributed by atoms with Crippen LogP contribution in [0.4, 0.5) is 0 Å². The fourth-order valence-corrected chi connectivity index (χ4v) is 1.52. The van der Waals surface area contributed by atoms with Gasteiger partial charge in [0.1, 0.15) is 18.7 Å². The number of hydrogen-bond donors (Lipinski definition) is 2. The van der Waals surface area contributed by atoms with Crippen LogP contribution in [-0.4, -0.2) is 37.8 Å². The molecule has 0 aromatic carbocycles. The molecule has 1 aromatic heterocycles.